The largest absolute Gasteiger partial charge is 0.497 e. The van der Waals surface area contributed by atoms with E-state index in [1.165, 1.54) is 11.8 Å². The van der Waals surface area contributed by atoms with Crippen molar-refractivity contribution < 1.29 is 9.53 Å². The predicted octanol–water partition coefficient (Wildman–Crippen LogP) is 3.05. The molecule has 5 nitrogen and oxygen atoms in total. The zero-order valence-electron chi connectivity index (χ0n) is 13.2. The zero-order chi connectivity index (χ0) is 16.8. The lowest BCUT2D eigenvalue weighted by Crippen LogP contribution is -2.24. The Morgan fingerprint density at radius 2 is 2.08 bits per heavy atom. The highest BCUT2D eigenvalue weighted by atomic mass is 32.2. The number of aromatic nitrogens is 2. The van der Waals surface area contributed by atoms with Gasteiger partial charge >= 0.3 is 0 Å². The third kappa shape index (κ3) is 4.02. The maximum Gasteiger partial charge on any atom is 0.230 e. The van der Waals surface area contributed by atoms with Crippen LogP contribution in [0.5, 0.6) is 5.75 Å². The molecule has 3 aromatic rings. The molecule has 1 aromatic heterocycles. The average Bonchev–Trinajstić information content (AvgIpc) is 2.64. The third-order valence-corrected chi connectivity index (χ3v) is 4.48. The fraction of sp³-hybridized carbons (Fsp3) is 0.167. The summed E-state index contributed by atoms with van der Waals surface area (Å²) in [5.74, 6) is 1.03. The van der Waals surface area contributed by atoms with Crippen molar-refractivity contribution in [3.63, 3.8) is 0 Å². The fourth-order valence-electron chi connectivity index (χ4n) is 2.28. The molecule has 1 N–H and O–H groups in total. The minimum absolute atomic E-state index is 0.0439. The Labute approximate surface area is 144 Å². The first-order valence-electron chi connectivity index (χ1n) is 7.49. The van der Waals surface area contributed by atoms with Crippen LogP contribution >= 0.6 is 11.8 Å². The van der Waals surface area contributed by atoms with Gasteiger partial charge in [0.2, 0.25) is 5.91 Å². The van der Waals surface area contributed by atoms with Gasteiger partial charge in [-0.25, -0.2) is 0 Å². The molecule has 0 saturated heterocycles. The van der Waals surface area contributed by atoms with E-state index >= 15 is 0 Å². The van der Waals surface area contributed by atoms with E-state index in [2.05, 4.69) is 15.5 Å². The molecule has 1 amide bonds. The Bertz CT molecular complexity index is 849. The van der Waals surface area contributed by atoms with Crippen LogP contribution in [0, 0.1) is 0 Å². The summed E-state index contributed by atoms with van der Waals surface area (Å²) in [4.78, 5) is 12.1. The molecule has 0 spiro atoms. The number of ether oxygens (including phenoxy) is 1. The number of hydrogen-bond acceptors (Lipinski definition) is 5. The molecule has 3 rings (SSSR count). The normalized spacial score (nSPS) is 10.5. The summed E-state index contributed by atoms with van der Waals surface area (Å²) in [6.45, 7) is 0.470. The van der Waals surface area contributed by atoms with Crippen molar-refractivity contribution in [1.29, 1.82) is 0 Å². The van der Waals surface area contributed by atoms with Crippen LogP contribution in [0.1, 0.15) is 5.56 Å². The van der Waals surface area contributed by atoms with E-state index in [-0.39, 0.29) is 5.91 Å². The van der Waals surface area contributed by atoms with Crippen molar-refractivity contribution in [1.82, 2.24) is 15.5 Å². The molecule has 0 radical (unpaired) electrons. The SMILES string of the molecule is COc1cccc(CNC(=O)CSc2nncc3ccccc23)c1. The van der Waals surface area contributed by atoms with Gasteiger partial charge in [-0.3, -0.25) is 4.79 Å². The minimum Gasteiger partial charge on any atom is -0.497 e. The average molecular weight is 339 g/mol. The molecular formula is C18H17N3O2S. The van der Waals surface area contributed by atoms with Gasteiger partial charge in [0, 0.05) is 17.3 Å². The van der Waals surface area contributed by atoms with Gasteiger partial charge in [-0.1, -0.05) is 48.2 Å². The zero-order valence-corrected chi connectivity index (χ0v) is 14.0. The molecule has 0 saturated carbocycles. The van der Waals surface area contributed by atoms with Crippen LogP contribution in [-0.4, -0.2) is 29.0 Å². The summed E-state index contributed by atoms with van der Waals surface area (Å²) in [5.41, 5.74) is 0.998. The lowest BCUT2D eigenvalue weighted by atomic mass is 10.2. The van der Waals surface area contributed by atoms with Crippen molar-refractivity contribution in [3.05, 3.63) is 60.3 Å². The second-order valence-electron chi connectivity index (χ2n) is 5.15. The lowest BCUT2D eigenvalue weighted by Gasteiger charge is -2.07. The van der Waals surface area contributed by atoms with Crippen molar-refractivity contribution in [2.75, 3.05) is 12.9 Å². The molecule has 0 atom stereocenters. The Morgan fingerprint density at radius 3 is 2.96 bits per heavy atom. The summed E-state index contributed by atoms with van der Waals surface area (Å²) < 4.78 is 5.18. The Balaban J connectivity index is 1.57. The van der Waals surface area contributed by atoms with E-state index < -0.39 is 0 Å². The highest BCUT2D eigenvalue weighted by molar-refractivity contribution is 8.00. The molecule has 122 valence electrons. The van der Waals surface area contributed by atoms with Crippen molar-refractivity contribution >= 4 is 28.4 Å². The quantitative estimate of drug-likeness (QED) is 0.699. The monoisotopic (exact) mass is 339 g/mol. The number of carbonyl (C=O) groups excluding carboxylic acids is 1. The number of rotatable bonds is 6. The van der Waals surface area contributed by atoms with Gasteiger partial charge in [0.25, 0.3) is 0 Å². The van der Waals surface area contributed by atoms with E-state index in [1.807, 2.05) is 48.5 Å². The molecule has 0 unspecified atom stereocenters. The first kappa shape index (κ1) is 16.3. The molecule has 6 heteroatoms. The van der Waals surface area contributed by atoms with Crippen LogP contribution in [0.15, 0.2) is 59.8 Å². The molecule has 0 fully saturated rings. The highest BCUT2D eigenvalue weighted by Crippen LogP contribution is 2.24. The summed E-state index contributed by atoms with van der Waals surface area (Å²) in [6.07, 6.45) is 1.72. The number of nitrogens with zero attached hydrogens (tertiary/aromatic N) is 2. The number of carbonyl (C=O) groups is 1. The van der Waals surface area contributed by atoms with Crippen LogP contribution in [0.4, 0.5) is 0 Å². The predicted molar refractivity (Wildman–Crippen MR) is 95.1 cm³/mol. The van der Waals surface area contributed by atoms with Crippen LogP contribution in [0.3, 0.4) is 0 Å². The summed E-state index contributed by atoms with van der Waals surface area (Å²) in [6, 6.07) is 15.5. The summed E-state index contributed by atoms with van der Waals surface area (Å²) in [7, 11) is 1.62. The van der Waals surface area contributed by atoms with E-state index in [0.717, 1.165) is 27.1 Å². The summed E-state index contributed by atoms with van der Waals surface area (Å²) >= 11 is 1.39. The smallest absolute Gasteiger partial charge is 0.230 e. The Morgan fingerprint density at radius 1 is 1.21 bits per heavy atom. The number of amides is 1. The maximum atomic E-state index is 12.1. The molecule has 0 aliphatic rings. The number of methoxy groups -OCH3 is 1. The molecule has 0 aliphatic heterocycles. The first-order chi connectivity index (χ1) is 11.8. The van der Waals surface area contributed by atoms with Crippen LogP contribution in [-0.2, 0) is 11.3 Å². The van der Waals surface area contributed by atoms with Crippen molar-refractivity contribution in [2.45, 2.75) is 11.6 Å². The topological polar surface area (TPSA) is 64.1 Å². The second kappa shape index (κ2) is 7.79. The van der Waals surface area contributed by atoms with Crippen molar-refractivity contribution in [2.24, 2.45) is 0 Å². The van der Waals surface area contributed by atoms with E-state index in [4.69, 9.17) is 4.74 Å². The number of thioether (sulfide) groups is 1. The van der Waals surface area contributed by atoms with Gasteiger partial charge in [0.05, 0.1) is 19.1 Å². The van der Waals surface area contributed by atoms with Crippen LogP contribution in [0.2, 0.25) is 0 Å². The van der Waals surface area contributed by atoms with Gasteiger partial charge in [-0.15, -0.1) is 5.10 Å². The molecule has 2 aromatic carbocycles. The van der Waals surface area contributed by atoms with Gasteiger partial charge in [0.1, 0.15) is 10.8 Å². The van der Waals surface area contributed by atoms with Gasteiger partial charge in [-0.05, 0) is 17.7 Å². The maximum absolute atomic E-state index is 12.1. The van der Waals surface area contributed by atoms with Gasteiger partial charge in [0.15, 0.2) is 0 Å². The second-order valence-corrected chi connectivity index (χ2v) is 6.12. The van der Waals surface area contributed by atoms with E-state index in [1.54, 1.807) is 13.3 Å². The van der Waals surface area contributed by atoms with Crippen LogP contribution < -0.4 is 10.1 Å². The molecular weight excluding hydrogens is 322 g/mol. The van der Waals surface area contributed by atoms with E-state index in [0.29, 0.717) is 12.3 Å². The standard InChI is InChI=1S/C18H17N3O2S/c1-23-15-7-4-5-13(9-15)10-19-17(22)12-24-18-16-8-3-2-6-14(16)11-20-21-18/h2-9,11H,10,12H2,1H3,(H,19,22). The third-order valence-electron chi connectivity index (χ3n) is 3.50. The molecule has 24 heavy (non-hydrogen) atoms. The summed E-state index contributed by atoms with van der Waals surface area (Å²) in [5, 5.41) is 13.8. The number of hydrogen-bond donors (Lipinski definition) is 1. The van der Waals surface area contributed by atoms with Gasteiger partial charge < -0.3 is 10.1 Å². The molecule has 0 aliphatic carbocycles. The fourth-order valence-corrected chi connectivity index (χ4v) is 3.09. The lowest BCUT2D eigenvalue weighted by molar-refractivity contribution is -0.118. The number of fused-ring (bicyclic) bond motifs is 1. The number of benzene rings is 2. The molecule has 1 heterocycles. The van der Waals surface area contributed by atoms with E-state index in [9.17, 15) is 4.79 Å². The van der Waals surface area contributed by atoms with Crippen LogP contribution in [0.25, 0.3) is 10.8 Å². The Kier molecular flexibility index (Phi) is 5.28. The minimum atomic E-state index is -0.0439. The number of nitrogens with one attached hydrogen (secondary N) is 1. The Hall–Kier alpha value is -2.60. The highest BCUT2D eigenvalue weighted by Gasteiger charge is 2.08. The first-order valence-corrected chi connectivity index (χ1v) is 8.47. The molecule has 0 bridgehead atoms. The van der Waals surface area contributed by atoms with Crippen molar-refractivity contribution in [3.8, 4) is 5.75 Å². The van der Waals surface area contributed by atoms with Gasteiger partial charge in [-0.2, -0.15) is 5.10 Å².